The number of hydrogen-bond acceptors (Lipinski definition) is 5. The van der Waals surface area contributed by atoms with Crippen molar-refractivity contribution in [3.8, 4) is 11.5 Å². The molecule has 26 heavy (non-hydrogen) atoms. The van der Waals surface area contributed by atoms with Crippen LogP contribution < -0.4 is 4.72 Å². The zero-order valence-electron chi connectivity index (χ0n) is 15.1. The maximum Gasteiger partial charge on any atom is 0.250 e. The van der Waals surface area contributed by atoms with E-state index in [1.807, 2.05) is 51.1 Å². The van der Waals surface area contributed by atoms with Crippen molar-refractivity contribution in [3.63, 3.8) is 0 Å². The number of nitrogens with one attached hydrogen (secondary N) is 1. The second kappa shape index (κ2) is 7.73. The van der Waals surface area contributed by atoms with E-state index in [-0.39, 0.29) is 6.54 Å². The maximum atomic E-state index is 12.4. The molecule has 0 aliphatic heterocycles. The van der Waals surface area contributed by atoms with Crippen LogP contribution in [-0.2, 0) is 22.9 Å². The molecular weight excluding hydrogens is 368 g/mol. The molecule has 2 heterocycles. The molecule has 3 rings (SSSR count). The van der Waals surface area contributed by atoms with Gasteiger partial charge in [-0.05, 0) is 44.5 Å². The van der Waals surface area contributed by atoms with Crippen LogP contribution in [-0.4, -0.2) is 19.9 Å². The van der Waals surface area contributed by atoms with Crippen molar-refractivity contribution in [2.75, 3.05) is 6.54 Å². The zero-order valence-corrected chi connectivity index (χ0v) is 16.7. The van der Waals surface area contributed by atoms with Crippen LogP contribution in [0.5, 0.6) is 0 Å². The zero-order chi connectivity index (χ0) is 18.7. The minimum absolute atomic E-state index is 0.280. The number of aryl methyl sites for hydroxylation is 3. The topological polar surface area (TPSA) is 72.2 Å². The van der Waals surface area contributed by atoms with Gasteiger partial charge in [-0.1, -0.05) is 24.6 Å². The molecule has 0 aliphatic carbocycles. The van der Waals surface area contributed by atoms with Crippen LogP contribution in [0.3, 0.4) is 0 Å². The fraction of sp³-hybridized carbons (Fsp3) is 0.316. The average molecular weight is 391 g/mol. The van der Waals surface area contributed by atoms with Crippen molar-refractivity contribution in [3.05, 3.63) is 58.3 Å². The number of thiophene rings is 1. The lowest BCUT2D eigenvalue weighted by molar-refractivity contribution is 0.538. The Labute approximate surface area is 158 Å². The highest BCUT2D eigenvalue weighted by Gasteiger charge is 2.17. The van der Waals surface area contributed by atoms with E-state index in [0.29, 0.717) is 22.3 Å². The van der Waals surface area contributed by atoms with Crippen LogP contribution in [0, 0.1) is 13.8 Å². The van der Waals surface area contributed by atoms with E-state index in [9.17, 15) is 8.42 Å². The molecule has 1 aromatic carbocycles. The highest BCUT2D eigenvalue weighted by Crippen LogP contribution is 2.23. The van der Waals surface area contributed by atoms with Crippen molar-refractivity contribution in [1.82, 2.24) is 9.71 Å². The van der Waals surface area contributed by atoms with Crippen LogP contribution in [0.2, 0.25) is 0 Å². The number of oxazole rings is 1. The summed E-state index contributed by atoms with van der Waals surface area (Å²) >= 11 is 1.31. The minimum Gasteiger partial charge on any atom is -0.441 e. The predicted molar refractivity (Wildman–Crippen MR) is 104 cm³/mol. The molecule has 0 saturated heterocycles. The lowest BCUT2D eigenvalue weighted by Crippen LogP contribution is -2.25. The van der Waals surface area contributed by atoms with Gasteiger partial charge in [0.1, 0.15) is 9.97 Å². The van der Waals surface area contributed by atoms with Gasteiger partial charge in [0, 0.05) is 23.4 Å². The summed E-state index contributed by atoms with van der Waals surface area (Å²) < 4.78 is 33.4. The minimum atomic E-state index is -3.47. The molecule has 7 heteroatoms. The standard InChI is InChI=1S/C19H22N2O3S2/c1-4-16-9-10-18(25-16)26(22,23)20-12-11-17-14(3)24-19(21-17)15-7-5-13(2)6-8-15/h5-10,20H,4,11-12H2,1-3H3. The lowest BCUT2D eigenvalue weighted by Gasteiger charge is -2.03. The smallest absolute Gasteiger partial charge is 0.250 e. The first kappa shape index (κ1) is 18.8. The van der Waals surface area contributed by atoms with Crippen molar-refractivity contribution < 1.29 is 12.8 Å². The molecule has 3 aromatic rings. The van der Waals surface area contributed by atoms with E-state index in [4.69, 9.17) is 4.42 Å². The Morgan fingerprint density at radius 1 is 1.12 bits per heavy atom. The average Bonchev–Trinajstić information content (AvgIpc) is 3.23. The number of nitrogens with zero attached hydrogens (tertiary/aromatic N) is 1. The third kappa shape index (κ3) is 4.23. The summed E-state index contributed by atoms with van der Waals surface area (Å²) in [6.07, 6.45) is 1.31. The summed E-state index contributed by atoms with van der Waals surface area (Å²) in [5, 5.41) is 0. The molecule has 0 bridgehead atoms. The molecule has 0 aliphatic rings. The van der Waals surface area contributed by atoms with Crippen molar-refractivity contribution in [1.29, 1.82) is 0 Å². The van der Waals surface area contributed by atoms with Gasteiger partial charge < -0.3 is 4.42 Å². The third-order valence-electron chi connectivity index (χ3n) is 4.10. The molecule has 1 N–H and O–H groups in total. The number of sulfonamides is 1. The predicted octanol–water partition coefficient (Wildman–Crippen LogP) is 4.10. The van der Waals surface area contributed by atoms with E-state index in [1.165, 1.54) is 16.9 Å². The Hall–Kier alpha value is -1.96. The van der Waals surface area contributed by atoms with Gasteiger partial charge in [-0.2, -0.15) is 0 Å². The van der Waals surface area contributed by atoms with Gasteiger partial charge in [0.15, 0.2) is 0 Å². The van der Waals surface area contributed by atoms with E-state index >= 15 is 0 Å². The van der Waals surface area contributed by atoms with Gasteiger partial charge in [-0.15, -0.1) is 11.3 Å². The molecule has 0 spiro atoms. The summed E-state index contributed by atoms with van der Waals surface area (Å²) in [5.41, 5.74) is 2.85. The Morgan fingerprint density at radius 2 is 1.85 bits per heavy atom. The second-order valence-corrected chi connectivity index (χ2v) is 9.27. The quantitative estimate of drug-likeness (QED) is 0.659. The molecule has 0 saturated carbocycles. The number of benzene rings is 1. The molecule has 0 fully saturated rings. The molecule has 0 amide bonds. The number of aromatic nitrogens is 1. The maximum absolute atomic E-state index is 12.4. The number of hydrogen-bond donors (Lipinski definition) is 1. The van der Waals surface area contributed by atoms with E-state index in [2.05, 4.69) is 9.71 Å². The SMILES string of the molecule is CCc1ccc(S(=O)(=O)NCCc2nc(-c3ccc(C)cc3)oc2C)s1. The molecule has 138 valence electrons. The Kier molecular flexibility index (Phi) is 5.60. The van der Waals surface area contributed by atoms with Gasteiger partial charge in [-0.3, -0.25) is 0 Å². The van der Waals surface area contributed by atoms with E-state index in [1.54, 1.807) is 6.07 Å². The van der Waals surface area contributed by atoms with Gasteiger partial charge in [0.2, 0.25) is 15.9 Å². The highest BCUT2D eigenvalue weighted by molar-refractivity contribution is 7.91. The summed E-state index contributed by atoms with van der Waals surface area (Å²) in [7, 11) is -3.47. The fourth-order valence-electron chi connectivity index (χ4n) is 2.55. The summed E-state index contributed by atoms with van der Waals surface area (Å²) in [6, 6.07) is 11.5. The highest BCUT2D eigenvalue weighted by atomic mass is 32.2. The Morgan fingerprint density at radius 3 is 2.50 bits per heavy atom. The summed E-state index contributed by atoms with van der Waals surface area (Å²) in [5.74, 6) is 1.27. The van der Waals surface area contributed by atoms with Crippen LogP contribution in [0.1, 0.15) is 28.8 Å². The van der Waals surface area contributed by atoms with Crippen LogP contribution >= 0.6 is 11.3 Å². The van der Waals surface area contributed by atoms with Crippen LogP contribution in [0.4, 0.5) is 0 Å². The van der Waals surface area contributed by atoms with E-state index in [0.717, 1.165) is 22.6 Å². The number of rotatable bonds is 7. The monoisotopic (exact) mass is 390 g/mol. The van der Waals surface area contributed by atoms with E-state index < -0.39 is 10.0 Å². The van der Waals surface area contributed by atoms with Crippen molar-refractivity contribution >= 4 is 21.4 Å². The fourth-order valence-corrected chi connectivity index (χ4v) is 4.92. The first-order valence-corrected chi connectivity index (χ1v) is 10.8. The molecule has 0 atom stereocenters. The lowest BCUT2D eigenvalue weighted by atomic mass is 10.1. The molecule has 2 aromatic heterocycles. The molecule has 0 unspecified atom stereocenters. The van der Waals surface area contributed by atoms with Gasteiger partial charge in [0.25, 0.3) is 0 Å². The Balaban J connectivity index is 1.65. The van der Waals surface area contributed by atoms with Crippen molar-refractivity contribution in [2.24, 2.45) is 0 Å². The van der Waals surface area contributed by atoms with Crippen molar-refractivity contribution in [2.45, 2.75) is 37.8 Å². The second-order valence-electron chi connectivity index (χ2n) is 6.11. The summed E-state index contributed by atoms with van der Waals surface area (Å²) in [4.78, 5) is 5.58. The van der Waals surface area contributed by atoms with Crippen LogP contribution in [0.15, 0.2) is 45.0 Å². The largest absolute Gasteiger partial charge is 0.441 e. The van der Waals surface area contributed by atoms with Gasteiger partial charge in [-0.25, -0.2) is 18.1 Å². The first-order chi connectivity index (χ1) is 12.4. The third-order valence-corrected chi connectivity index (χ3v) is 7.28. The molecule has 0 radical (unpaired) electrons. The Bertz CT molecular complexity index is 986. The molecule has 5 nitrogen and oxygen atoms in total. The normalized spacial score (nSPS) is 11.8. The first-order valence-electron chi connectivity index (χ1n) is 8.51. The van der Waals surface area contributed by atoms with Crippen LogP contribution in [0.25, 0.3) is 11.5 Å². The summed E-state index contributed by atoms with van der Waals surface area (Å²) in [6.45, 7) is 6.16. The van der Waals surface area contributed by atoms with Gasteiger partial charge in [0.05, 0.1) is 5.69 Å². The van der Waals surface area contributed by atoms with Gasteiger partial charge >= 0.3 is 0 Å². The molecular formula is C19H22N2O3S2.